The van der Waals surface area contributed by atoms with Crippen LogP contribution in [0.4, 0.5) is 27.2 Å². The summed E-state index contributed by atoms with van der Waals surface area (Å²) in [5.74, 6) is -0.201. The van der Waals surface area contributed by atoms with Gasteiger partial charge in [0.2, 0.25) is 0 Å². The predicted octanol–water partition coefficient (Wildman–Crippen LogP) is 6.62. The third-order valence-corrected chi connectivity index (χ3v) is 8.49. The Balaban J connectivity index is 1.09. The Hall–Kier alpha value is -4.67. The molecule has 4 N–H and O–H groups in total. The fourth-order valence-corrected chi connectivity index (χ4v) is 6.39. The number of benzene rings is 2. The van der Waals surface area contributed by atoms with E-state index in [0.717, 1.165) is 45.9 Å². The van der Waals surface area contributed by atoms with E-state index in [1.54, 1.807) is 18.2 Å². The van der Waals surface area contributed by atoms with Crippen molar-refractivity contribution in [3.63, 3.8) is 0 Å². The number of aromatic nitrogens is 3. The number of thiophene rings is 1. The number of carbonyl (C=O) groups is 1. The first-order valence-corrected chi connectivity index (χ1v) is 14.1. The van der Waals surface area contributed by atoms with Gasteiger partial charge >= 0.3 is 0 Å². The molecule has 8 nitrogen and oxygen atoms in total. The number of nitrogens with zero attached hydrogens (tertiary/aromatic N) is 4. The van der Waals surface area contributed by atoms with Gasteiger partial charge in [-0.1, -0.05) is 36.4 Å². The molecule has 1 aliphatic heterocycles. The number of anilines is 5. The van der Waals surface area contributed by atoms with Crippen LogP contribution in [0, 0.1) is 0 Å². The molecule has 0 saturated carbocycles. The van der Waals surface area contributed by atoms with Crippen molar-refractivity contribution >= 4 is 61.4 Å². The van der Waals surface area contributed by atoms with Crippen molar-refractivity contribution < 1.29 is 4.79 Å². The minimum atomic E-state index is -0.201. The maximum atomic E-state index is 12.7. The van der Waals surface area contributed by atoms with Gasteiger partial charge in [-0.25, -0.2) is 9.97 Å². The zero-order chi connectivity index (χ0) is 26.3. The number of nitrogens with two attached hydrogens (primary N) is 1. The van der Waals surface area contributed by atoms with Gasteiger partial charge in [0.1, 0.15) is 5.69 Å². The number of rotatable bonds is 6. The van der Waals surface area contributed by atoms with Gasteiger partial charge in [0.25, 0.3) is 5.91 Å². The van der Waals surface area contributed by atoms with Crippen molar-refractivity contribution in [1.29, 1.82) is 0 Å². The van der Waals surface area contributed by atoms with Crippen LogP contribution < -0.4 is 21.3 Å². The molecule has 0 spiro atoms. The number of amides is 1. The van der Waals surface area contributed by atoms with Crippen LogP contribution in [0.3, 0.4) is 0 Å². The lowest BCUT2D eigenvalue weighted by atomic mass is 10.1. The van der Waals surface area contributed by atoms with Gasteiger partial charge in [0, 0.05) is 24.7 Å². The van der Waals surface area contributed by atoms with Gasteiger partial charge in [0.15, 0.2) is 10.8 Å². The number of pyridine rings is 1. The largest absolute Gasteiger partial charge is 0.397 e. The first-order chi connectivity index (χ1) is 19.1. The van der Waals surface area contributed by atoms with E-state index in [0.29, 0.717) is 16.3 Å². The second kappa shape index (κ2) is 9.57. The summed E-state index contributed by atoms with van der Waals surface area (Å²) in [6.07, 6.45) is 3.91. The van der Waals surface area contributed by atoms with Crippen molar-refractivity contribution in [2.75, 3.05) is 21.3 Å². The van der Waals surface area contributed by atoms with Crippen LogP contribution >= 0.6 is 22.7 Å². The van der Waals surface area contributed by atoms with E-state index < -0.39 is 0 Å². The first kappa shape index (κ1) is 23.4. The second-order valence-electron chi connectivity index (χ2n) is 9.22. The Kier molecular flexibility index (Phi) is 5.75. The van der Waals surface area contributed by atoms with E-state index in [9.17, 15) is 4.79 Å². The third kappa shape index (κ3) is 4.39. The van der Waals surface area contributed by atoms with E-state index >= 15 is 0 Å². The molecule has 0 radical (unpaired) electrons. The highest BCUT2D eigenvalue weighted by Gasteiger charge is 2.22. The Labute approximate surface area is 232 Å². The molecule has 6 aromatic rings. The zero-order valence-corrected chi connectivity index (χ0v) is 22.3. The molecule has 1 amide bonds. The number of fused-ring (bicyclic) bond motifs is 2. The van der Waals surface area contributed by atoms with E-state index in [4.69, 9.17) is 15.7 Å². The lowest BCUT2D eigenvalue weighted by Crippen LogP contribution is -2.15. The normalized spacial score (nSPS) is 12.6. The van der Waals surface area contributed by atoms with Crippen molar-refractivity contribution in [3.8, 4) is 11.4 Å². The fraction of sp³-hybridized carbons (Fsp3) is 0.0690. The summed E-state index contributed by atoms with van der Waals surface area (Å²) >= 11 is 2.87. The summed E-state index contributed by atoms with van der Waals surface area (Å²) in [5.41, 5.74) is 13.6. The number of thiazole rings is 1. The van der Waals surface area contributed by atoms with Gasteiger partial charge in [0.05, 0.1) is 38.8 Å². The highest BCUT2D eigenvalue weighted by atomic mass is 32.1. The van der Waals surface area contributed by atoms with Crippen molar-refractivity contribution in [3.05, 3.63) is 107 Å². The average Bonchev–Trinajstić information content (AvgIpc) is 3.75. The molecule has 0 fully saturated rings. The van der Waals surface area contributed by atoms with Gasteiger partial charge < -0.3 is 21.3 Å². The molecule has 0 bridgehead atoms. The smallest absolute Gasteiger partial charge is 0.265 e. The molecule has 1 aliphatic rings. The molecule has 0 atom stereocenters. The van der Waals surface area contributed by atoms with E-state index in [-0.39, 0.29) is 5.91 Å². The molecule has 2 aromatic carbocycles. The van der Waals surface area contributed by atoms with Crippen LogP contribution in [0.1, 0.15) is 20.8 Å². The van der Waals surface area contributed by atoms with Crippen LogP contribution in [-0.4, -0.2) is 20.3 Å². The minimum Gasteiger partial charge on any atom is -0.397 e. The summed E-state index contributed by atoms with van der Waals surface area (Å²) < 4.78 is 2.10. The van der Waals surface area contributed by atoms with Crippen LogP contribution in [0.15, 0.2) is 90.6 Å². The van der Waals surface area contributed by atoms with Gasteiger partial charge in [-0.2, -0.15) is 0 Å². The topological polar surface area (TPSA) is 101 Å². The van der Waals surface area contributed by atoms with E-state index in [2.05, 4.69) is 56.3 Å². The number of para-hydroxylation sites is 2. The summed E-state index contributed by atoms with van der Waals surface area (Å²) in [7, 11) is 0. The molecule has 10 heteroatoms. The molecule has 192 valence electrons. The Morgan fingerprint density at radius 3 is 2.56 bits per heavy atom. The summed E-state index contributed by atoms with van der Waals surface area (Å²) in [4.78, 5) is 25.2. The van der Waals surface area contributed by atoms with Crippen molar-refractivity contribution in [2.24, 2.45) is 0 Å². The maximum Gasteiger partial charge on any atom is 0.265 e. The number of hydrogen-bond acceptors (Lipinski definition) is 8. The SMILES string of the molecule is Nc1ccccc1NC(=O)c1ccc(Nc2nc(-c3cnc4c(N5Cc6ccccc6C5)cccn34)cs2)s1. The second-order valence-corrected chi connectivity index (χ2v) is 11.2. The quantitative estimate of drug-likeness (QED) is 0.202. The molecule has 0 unspecified atom stereocenters. The molecule has 0 saturated heterocycles. The fourth-order valence-electron chi connectivity index (χ4n) is 4.81. The van der Waals surface area contributed by atoms with E-state index in [1.165, 1.54) is 33.8 Å². The summed E-state index contributed by atoms with van der Waals surface area (Å²) in [6.45, 7) is 1.75. The average molecular weight is 550 g/mol. The Morgan fingerprint density at radius 2 is 1.74 bits per heavy atom. The summed E-state index contributed by atoms with van der Waals surface area (Å²) in [5, 5.41) is 9.79. The number of carbonyl (C=O) groups excluding carboxylic acids is 1. The Morgan fingerprint density at radius 1 is 0.949 bits per heavy atom. The lowest BCUT2D eigenvalue weighted by Gasteiger charge is -2.18. The first-order valence-electron chi connectivity index (χ1n) is 12.4. The van der Waals surface area contributed by atoms with Crippen LogP contribution in [0.5, 0.6) is 0 Å². The number of hydrogen-bond donors (Lipinski definition) is 3. The van der Waals surface area contributed by atoms with Gasteiger partial charge in [-0.15, -0.1) is 22.7 Å². The lowest BCUT2D eigenvalue weighted by molar-refractivity contribution is 0.103. The maximum absolute atomic E-state index is 12.7. The molecular formula is C29H23N7OS2. The molecular weight excluding hydrogens is 527 g/mol. The molecule has 0 aliphatic carbocycles. The molecule has 39 heavy (non-hydrogen) atoms. The molecule has 4 aromatic heterocycles. The highest BCUT2D eigenvalue weighted by Crippen LogP contribution is 2.34. The van der Waals surface area contributed by atoms with E-state index in [1.807, 2.05) is 36.0 Å². The number of nitrogens with one attached hydrogen (secondary N) is 2. The molecule has 5 heterocycles. The molecule has 7 rings (SSSR count). The van der Waals surface area contributed by atoms with Gasteiger partial charge in [-0.05, 0) is 47.5 Å². The third-order valence-electron chi connectivity index (χ3n) is 6.73. The summed E-state index contributed by atoms with van der Waals surface area (Å²) in [6, 6.07) is 23.6. The highest BCUT2D eigenvalue weighted by molar-refractivity contribution is 7.19. The van der Waals surface area contributed by atoms with Crippen LogP contribution in [0.25, 0.3) is 17.0 Å². The predicted molar refractivity (Wildman–Crippen MR) is 159 cm³/mol. The Bertz CT molecular complexity index is 1810. The minimum absolute atomic E-state index is 0.201. The van der Waals surface area contributed by atoms with Gasteiger partial charge in [-0.3, -0.25) is 9.20 Å². The van der Waals surface area contributed by atoms with Crippen LogP contribution in [-0.2, 0) is 13.1 Å². The standard InChI is InChI=1S/C29H23N7OS2/c30-20-8-3-4-9-21(20)32-28(37)25-11-12-26(39-25)34-29-33-22(17-38-29)24-14-31-27-23(10-5-13-36(24)27)35-15-18-6-1-2-7-19(18)16-35/h1-14,17H,15-16,30H2,(H,32,37)(H,33,34). The van der Waals surface area contributed by atoms with Crippen LogP contribution in [0.2, 0.25) is 0 Å². The number of imidazole rings is 1. The van der Waals surface area contributed by atoms with Crippen molar-refractivity contribution in [1.82, 2.24) is 14.4 Å². The monoisotopic (exact) mass is 549 g/mol. The zero-order valence-electron chi connectivity index (χ0n) is 20.7. The van der Waals surface area contributed by atoms with Crippen molar-refractivity contribution in [2.45, 2.75) is 13.1 Å². The number of nitrogen functional groups attached to an aromatic ring is 1.